The molecule has 2 bridgehead atoms. The van der Waals surface area contributed by atoms with E-state index in [2.05, 4.69) is 30.9 Å². The Kier molecular flexibility index (Phi) is 6.66. The number of furan rings is 1. The number of aromatic nitrogens is 4. The van der Waals surface area contributed by atoms with Crippen LogP contribution in [-0.2, 0) is 29.7 Å². The van der Waals surface area contributed by atoms with E-state index in [-0.39, 0.29) is 53.8 Å². The van der Waals surface area contributed by atoms with Crippen LogP contribution in [0.1, 0.15) is 5.76 Å². The van der Waals surface area contributed by atoms with Crippen LogP contribution in [0.15, 0.2) is 39.4 Å². The summed E-state index contributed by atoms with van der Waals surface area (Å²) in [5.41, 5.74) is 4.45. The molecule has 3 atom stereocenters. The standard InChI is InChI=1S/C20H24FN9O12P2/c21-11-9-3-38-43(33,34)41-7-1-10(29-5-25-12-15(29)23-4-24-17(12)31)39-8(7)2-37-44(35,36)42-14(11)19(40-9)30-6-26-13-16(30)27-20(22)28-18(13)32/h1,3,6,11-12,15,23,25,33-36,43-44H,2,4-5H2,(H,24,31)(H3,22,27,28,32)/b9-3+/t11-,12-,15?/m1/s1. The van der Waals surface area contributed by atoms with Crippen molar-refractivity contribution in [2.24, 2.45) is 0 Å². The van der Waals surface area contributed by atoms with Gasteiger partial charge in [0, 0.05) is 0 Å². The topological polar surface area (TPSA) is 286 Å². The summed E-state index contributed by atoms with van der Waals surface area (Å²) in [6.45, 7) is -0.477. The molecule has 1 amide bonds. The van der Waals surface area contributed by atoms with Crippen molar-refractivity contribution in [3.05, 3.63) is 46.3 Å². The first kappa shape index (κ1) is 28.6. The second-order valence-corrected chi connectivity index (χ2v) is 12.8. The molecular weight excluding hydrogens is 639 g/mol. The minimum absolute atomic E-state index is 0.0751. The number of ether oxygens (including phenoxy) is 1. The van der Waals surface area contributed by atoms with E-state index in [0.717, 1.165) is 10.9 Å². The number of rotatable bonds is 2. The van der Waals surface area contributed by atoms with Gasteiger partial charge in [-0.25, -0.2) is 0 Å². The molecule has 2 fully saturated rings. The van der Waals surface area contributed by atoms with Crippen molar-refractivity contribution < 1.29 is 56.0 Å². The van der Waals surface area contributed by atoms with Gasteiger partial charge in [0.25, 0.3) is 0 Å². The summed E-state index contributed by atoms with van der Waals surface area (Å²) in [6.07, 6.45) is -1.47. The number of carbonyl (C=O) groups is 1. The molecule has 7 heterocycles. The molecule has 24 heteroatoms. The number of nitrogens with zero attached hydrogens (tertiary/aromatic N) is 4. The number of imidazole rings is 1. The number of halogens is 1. The second-order valence-electron chi connectivity index (χ2n) is 9.65. The van der Waals surface area contributed by atoms with Crippen LogP contribution in [0.4, 0.5) is 16.2 Å². The monoisotopic (exact) mass is 663 g/mol. The van der Waals surface area contributed by atoms with Crippen LogP contribution in [0, 0.1) is 0 Å². The van der Waals surface area contributed by atoms with Gasteiger partial charge in [0.15, 0.2) is 0 Å². The Balaban J connectivity index is 1.25. The molecule has 4 aliphatic heterocycles. The molecule has 238 valence electrons. The van der Waals surface area contributed by atoms with Crippen molar-refractivity contribution in [2.75, 3.05) is 24.0 Å². The SMILES string of the molecule is Nc1nc2c(ncn2C2=C3O[PH](O)(O)OCc4oc(N5CN[C@H]6C(=O)NCNC65)cc4O[PH](O)(O)O/C=C(/O2)[C@H]3F)c(=O)[nH]1. The Morgan fingerprint density at radius 2 is 1.95 bits per heavy atom. The van der Waals surface area contributed by atoms with E-state index in [1.54, 1.807) is 4.90 Å². The molecule has 0 radical (unpaired) electrons. The van der Waals surface area contributed by atoms with E-state index in [1.165, 1.54) is 6.07 Å². The quantitative estimate of drug-likeness (QED) is 0.132. The molecule has 3 aromatic rings. The summed E-state index contributed by atoms with van der Waals surface area (Å²) < 4.78 is 48.5. The fourth-order valence-electron chi connectivity index (χ4n) is 4.85. The van der Waals surface area contributed by atoms with Gasteiger partial charge in [0.2, 0.25) is 0 Å². The van der Waals surface area contributed by atoms with Crippen molar-refractivity contribution in [2.45, 2.75) is 25.0 Å². The van der Waals surface area contributed by atoms with Gasteiger partial charge in [-0.3, -0.25) is 0 Å². The van der Waals surface area contributed by atoms with Crippen LogP contribution in [0.25, 0.3) is 17.0 Å². The van der Waals surface area contributed by atoms with Gasteiger partial charge in [-0.05, 0) is 0 Å². The molecule has 0 aromatic carbocycles. The second kappa shape index (κ2) is 10.2. The maximum atomic E-state index is 15.6. The molecule has 2 saturated heterocycles. The number of hydrogen-bond acceptors (Lipinski definition) is 18. The normalized spacial score (nSPS) is 28.8. The first-order chi connectivity index (χ1) is 20.9. The number of fused-ring (bicyclic) bond motifs is 5. The van der Waals surface area contributed by atoms with Crippen LogP contribution in [0.3, 0.4) is 0 Å². The number of nitrogens with two attached hydrogens (primary N) is 1. The molecule has 10 N–H and O–H groups in total. The summed E-state index contributed by atoms with van der Waals surface area (Å²) in [6, 6.07) is 0.605. The summed E-state index contributed by atoms with van der Waals surface area (Å²) in [7, 11) is -10.5. The molecule has 1 unspecified atom stereocenters. The van der Waals surface area contributed by atoms with E-state index in [0.29, 0.717) is 6.26 Å². The molecule has 3 aromatic heterocycles. The van der Waals surface area contributed by atoms with E-state index >= 15 is 4.39 Å². The molecular formula is C20H24FN9O12P2. The predicted octanol–water partition coefficient (Wildman–Crippen LogP) is -2.20. The van der Waals surface area contributed by atoms with Crippen LogP contribution < -0.4 is 36.7 Å². The fourth-order valence-corrected chi connectivity index (χ4v) is 6.49. The van der Waals surface area contributed by atoms with Crippen molar-refractivity contribution in [3.8, 4) is 5.75 Å². The Bertz CT molecular complexity index is 1790. The van der Waals surface area contributed by atoms with E-state index in [4.69, 9.17) is 33.0 Å². The van der Waals surface area contributed by atoms with Gasteiger partial charge in [-0.2, -0.15) is 0 Å². The molecule has 0 saturated carbocycles. The van der Waals surface area contributed by atoms with Crippen LogP contribution in [0.5, 0.6) is 5.75 Å². The van der Waals surface area contributed by atoms with Gasteiger partial charge >= 0.3 is 244 Å². The third kappa shape index (κ3) is 4.97. The summed E-state index contributed by atoms with van der Waals surface area (Å²) in [5.74, 6) is -3.29. The number of carbonyl (C=O) groups excluding carboxylic acids is 1. The molecule has 21 nitrogen and oxygen atoms in total. The molecule has 44 heavy (non-hydrogen) atoms. The average Bonchev–Trinajstić information content (AvgIpc) is 3.72. The first-order valence-corrected chi connectivity index (χ1v) is 16.0. The Morgan fingerprint density at radius 1 is 1.14 bits per heavy atom. The minimum atomic E-state index is -5.30. The van der Waals surface area contributed by atoms with Crippen molar-refractivity contribution in [3.63, 3.8) is 0 Å². The number of anilines is 2. The maximum absolute atomic E-state index is 15.6. The number of H-pyrrole nitrogens is 1. The summed E-state index contributed by atoms with van der Waals surface area (Å²) in [5, 5.41) is 8.74. The van der Waals surface area contributed by atoms with E-state index in [9.17, 15) is 29.2 Å². The summed E-state index contributed by atoms with van der Waals surface area (Å²) in [4.78, 5) is 78.7. The van der Waals surface area contributed by atoms with Gasteiger partial charge in [-0.1, -0.05) is 0 Å². The first-order valence-electron chi connectivity index (χ1n) is 12.6. The zero-order valence-corrected chi connectivity index (χ0v) is 23.9. The van der Waals surface area contributed by atoms with Crippen LogP contribution >= 0.6 is 16.3 Å². The van der Waals surface area contributed by atoms with Crippen LogP contribution in [-0.4, -0.2) is 76.7 Å². The zero-order valence-electron chi connectivity index (χ0n) is 21.9. The number of nitrogens with one attached hydrogen (secondary N) is 4. The molecule has 0 spiro atoms. The van der Waals surface area contributed by atoms with Gasteiger partial charge < -0.3 is 0 Å². The number of alkyl halides is 1. The molecule has 4 aliphatic rings. The van der Waals surface area contributed by atoms with Gasteiger partial charge in [-0.15, -0.1) is 0 Å². The predicted molar refractivity (Wildman–Crippen MR) is 146 cm³/mol. The number of nitrogen functional groups attached to an aromatic ring is 1. The zero-order chi connectivity index (χ0) is 31.0. The van der Waals surface area contributed by atoms with E-state index in [1.807, 2.05) is 0 Å². The number of amides is 1. The molecule has 7 rings (SSSR count). The Labute approximate surface area is 243 Å². The summed E-state index contributed by atoms with van der Waals surface area (Å²) >= 11 is 0. The average molecular weight is 663 g/mol. The third-order valence-corrected chi connectivity index (χ3v) is 8.70. The Hall–Kier alpha value is -4.11. The van der Waals surface area contributed by atoms with Crippen molar-refractivity contribution in [1.82, 2.24) is 35.5 Å². The van der Waals surface area contributed by atoms with Crippen molar-refractivity contribution >= 4 is 51.1 Å². The van der Waals surface area contributed by atoms with Gasteiger partial charge in [0.1, 0.15) is 0 Å². The Morgan fingerprint density at radius 3 is 2.77 bits per heavy atom. The van der Waals surface area contributed by atoms with Crippen molar-refractivity contribution in [1.29, 1.82) is 0 Å². The van der Waals surface area contributed by atoms with E-state index < -0.39 is 64.3 Å². The number of hydrogen-bond donors (Lipinski definition) is 9. The molecule has 0 aliphatic carbocycles. The fraction of sp³-hybridized carbons (Fsp3) is 0.300. The number of aromatic amines is 1. The van der Waals surface area contributed by atoms with Gasteiger partial charge in [0.05, 0.1) is 0 Å². The third-order valence-electron chi connectivity index (χ3n) is 6.78. The van der Waals surface area contributed by atoms with Crippen LogP contribution in [0.2, 0.25) is 0 Å².